The summed E-state index contributed by atoms with van der Waals surface area (Å²) >= 11 is 3.38. The van der Waals surface area contributed by atoms with Gasteiger partial charge in [0.2, 0.25) is 0 Å². The molecule has 0 unspecified atom stereocenters. The molecule has 0 saturated carbocycles. The highest BCUT2D eigenvalue weighted by Crippen LogP contribution is 2.29. The van der Waals surface area contributed by atoms with Gasteiger partial charge in [-0.05, 0) is 24.3 Å². The van der Waals surface area contributed by atoms with Crippen LogP contribution in [-0.4, -0.2) is 19.7 Å². The van der Waals surface area contributed by atoms with Gasteiger partial charge < -0.3 is 4.98 Å². The summed E-state index contributed by atoms with van der Waals surface area (Å²) in [6, 6.07) is 8.83. The molecule has 2 aromatic rings. The van der Waals surface area contributed by atoms with Gasteiger partial charge in [-0.2, -0.15) is 0 Å². The molecule has 5 heteroatoms. The molecule has 0 aliphatic heterocycles. The lowest BCUT2D eigenvalue weighted by Crippen LogP contribution is -1.97. The van der Waals surface area contributed by atoms with E-state index in [2.05, 4.69) is 20.9 Å². The van der Waals surface area contributed by atoms with Crippen LogP contribution in [0.1, 0.15) is 0 Å². The van der Waals surface area contributed by atoms with Crippen molar-refractivity contribution in [1.82, 2.24) is 4.98 Å². The van der Waals surface area contributed by atoms with Crippen molar-refractivity contribution in [2.75, 3.05) is 6.26 Å². The molecule has 0 radical (unpaired) electrons. The molecule has 1 aromatic carbocycles. The van der Waals surface area contributed by atoms with E-state index < -0.39 is 9.84 Å². The molecule has 1 aromatic heterocycles. The SMILES string of the molecule is CS(=O)(=O)c1ccc(-c2ccc[nH]2)c(Br)c1. The molecule has 0 fully saturated rings. The maximum absolute atomic E-state index is 11.4. The van der Waals surface area contributed by atoms with Crippen LogP contribution in [0, 0.1) is 0 Å². The van der Waals surface area contributed by atoms with Crippen molar-refractivity contribution in [3.8, 4) is 11.3 Å². The fourth-order valence-electron chi connectivity index (χ4n) is 1.44. The number of aromatic amines is 1. The van der Waals surface area contributed by atoms with Crippen molar-refractivity contribution < 1.29 is 8.42 Å². The fourth-order valence-corrected chi connectivity index (χ4v) is 2.83. The topological polar surface area (TPSA) is 49.9 Å². The summed E-state index contributed by atoms with van der Waals surface area (Å²) in [4.78, 5) is 3.39. The zero-order valence-corrected chi connectivity index (χ0v) is 11.0. The van der Waals surface area contributed by atoms with Crippen molar-refractivity contribution in [2.45, 2.75) is 4.90 Å². The van der Waals surface area contributed by atoms with E-state index in [0.717, 1.165) is 15.7 Å². The summed E-state index contributed by atoms with van der Waals surface area (Å²) < 4.78 is 23.5. The number of H-pyrrole nitrogens is 1. The first kappa shape index (κ1) is 11.4. The van der Waals surface area contributed by atoms with Crippen LogP contribution in [0.4, 0.5) is 0 Å². The van der Waals surface area contributed by atoms with Crippen LogP contribution in [0.5, 0.6) is 0 Å². The van der Waals surface area contributed by atoms with Gasteiger partial charge in [-0.15, -0.1) is 0 Å². The fraction of sp³-hybridized carbons (Fsp3) is 0.0909. The number of benzene rings is 1. The Morgan fingerprint density at radius 3 is 2.50 bits per heavy atom. The minimum atomic E-state index is -3.15. The number of hydrogen-bond acceptors (Lipinski definition) is 2. The molecular weight excluding hydrogens is 290 g/mol. The van der Waals surface area contributed by atoms with Crippen molar-refractivity contribution >= 4 is 25.8 Å². The number of rotatable bonds is 2. The normalized spacial score (nSPS) is 11.6. The molecule has 0 spiro atoms. The molecule has 84 valence electrons. The van der Waals surface area contributed by atoms with Gasteiger partial charge in [0.1, 0.15) is 0 Å². The van der Waals surface area contributed by atoms with E-state index in [9.17, 15) is 8.42 Å². The molecule has 1 heterocycles. The van der Waals surface area contributed by atoms with Crippen LogP contribution in [0.2, 0.25) is 0 Å². The van der Waals surface area contributed by atoms with Crippen LogP contribution in [0.25, 0.3) is 11.3 Å². The number of aromatic nitrogens is 1. The quantitative estimate of drug-likeness (QED) is 0.927. The van der Waals surface area contributed by atoms with Gasteiger partial charge in [-0.25, -0.2) is 8.42 Å². The van der Waals surface area contributed by atoms with E-state index in [4.69, 9.17) is 0 Å². The lowest BCUT2D eigenvalue weighted by molar-refractivity contribution is 0.602. The van der Waals surface area contributed by atoms with Gasteiger partial charge in [0.15, 0.2) is 9.84 Å². The Balaban J connectivity index is 2.54. The highest BCUT2D eigenvalue weighted by molar-refractivity contribution is 9.10. The molecule has 0 atom stereocenters. The molecule has 16 heavy (non-hydrogen) atoms. The summed E-state index contributed by atoms with van der Waals surface area (Å²) in [5, 5.41) is 0. The minimum Gasteiger partial charge on any atom is -0.361 e. The number of nitrogens with one attached hydrogen (secondary N) is 1. The predicted molar refractivity (Wildman–Crippen MR) is 67.0 cm³/mol. The zero-order valence-electron chi connectivity index (χ0n) is 8.57. The monoisotopic (exact) mass is 299 g/mol. The highest BCUT2D eigenvalue weighted by atomic mass is 79.9. The molecule has 0 amide bonds. The van der Waals surface area contributed by atoms with Gasteiger partial charge in [-0.3, -0.25) is 0 Å². The molecule has 0 aliphatic rings. The van der Waals surface area contributed by atoms with Gasteiger partial charge in [-0.1, -0.05) is 22.0 Å². The standard InChI is InChI=1S/C11H10BrNO2S/c1-16(14,15)8-4-5-9(10(12)7-8)11-3-2-6-13-11/h2-7,13H,1H3. The third-order valence-electron chi connectivity index (χ3n) is 2.26. The van der Waals surface area contributed by atoms with Crippen LogP contribution in [0.3, 0.4) is 0 Å². The largest absolute Gasteiger partial charge is 0.361 e. The van der Waals surface area contributed by atoms with E-state index in [-0.39, 0.29) is 0 Å². The van der Waals surface area contributed by atoms with Crippen LogP contribution in [-0.2, 0) is 9.84 Å². The first-order valence-corrected chi connectivity index (χ1v) is 7.30. The summed E-state index contributed by atoms with van der Waals surface area (Å²) in [7, 11) is -3.15. The molecule has 0 bridgehead atoms. The van der Waals surface area contributed by atoms with Crippen LogP contribution >= 0.6 is 15.9 Å². The van der Waals surface area contributed by atoms with Gasteiger partial charge in [0.25, 0.3) is 0 Å². The van der Waals surface area contributed by atoms with E-state index in [0.29, 0.717) is 4.90 Å². The minimum absolute atomic E-state index is 0.315. The van der Waals surface area contributed by atoms with E-state index in [1.54, 1.807) is 18.2 Å². The van der Waals surface area contributed by atoms with Gasteiger partial charge in [0.05, 0.1) is 4.90 Å². The zero-order chi connectivity index (χ0) is 11.8. The smallest absolute Gasteiger partial charge is 0.175 e. The molecule has 2 rings (SSSR count). The second-order valence-electron chi connectivity index (χ2n) is 3.50. The first-order chi connectivity index (χ1) is 7.48. The summed E-state index contributed by atoms with van der Waals surface area (Å²) in [6.07, 6.45) is 3.02. The predicted octanol–water partition coefficient (Wildman–Crippen LogP) is 2.85. The molecule has 1 N–H and O–H groups in total. The number of halogens is 1. The van der Waals surface area contributed by atoms with Crippen LogP contribution < -0.4 is 0 Å². The molecule has 0 saturated heterocycles. The molecule has 0 aliphatic carbocycles. The molecule has 3 nitrogen and oxygen atoms in total. The Kier molecular flexibility index (Phi) is 2.90. The number of hydrogen-bond donors (Lipinski definition) is 1. The van der Waals surface area contributed by atoms with E-state index >= 15 is 0 Å². The Bertz CT molecular complexity index is 603. The lowest BCUT2D eigenvalue weighted by atomic mass is 10.2. The van der Waals surface area contributed by atoms with Crippen molar-refractivity contribution in [3.05, 3.63) is 41.0 Å². The van der Waals surface area contributed by atoms with Crippen molar-refractivity contribution in [2.24, 2.45) is 0 Å². The second kappa shape index (κ2) is 4.07. The van der Waals surface area contributed by atoms with E-state index in [1.165, 1.54) is 6.26 Å². The van der Waals surface area contributed by atoms with Gasteiger partial charge >= 0.3 is 0 Å². The number of sulfone groups is 1. The average Bonchev–Trinajstić information content (AvgIpc) is 2.69. The molecular formula is C11H10BrNO2S. The van der Waals surface area contributed by atoms with E-state index in [1.807, 2.05) is 18.3 Å². The van der Waals surface area contributed by atoms with Gasteiger partial charge in [0, 0.05) is 28.2 Å². The third kappa shape index (κ3) is 2.20. The average molecular weight is 300 g/mol. The summed E-state index contributed by atoms with van der Waals surface area (Å²) in [5.41, 5.74) is 1.89. The maximum Gasteiger partial charge on any atom is 0.175 e. The Morgan fingerprint density at radius 2 is 2.00 bits per heavy atom. The Morgan fingerprint density at radius 1 is 1.25 bits per heavy atom. The third-order valence-corrected chi connectivity index (χ3v) is 4.02. The van der Waals surface area contributed by atoms with Crippen molar-refractivity contribution in [1.29, 1.82) is 0 Å². The first-order valence-electron chi connectivity index (χ1n) is 4.62. The Hall–Kier alpha value is -1.07. The lowest BCUT2D eigenvalue weighted by Gasteiger charge is -2.04. The Labute approximate surface area is 103 Å². The summed E-state index contributed by atoms with van der Waals surface area (Å²) in [6.45, 7) is 0. The second-order valence-corrected chi connectivity index (χ2v) is 6.37. The highest BCUT2D eigenvalue weighted by Gasteiger charge is 2.10. The van der Waals surface area contributed by atoms with Crippen molar-refractivity contribution in [3.63, 3.8) is 0 Å². The maximum atomic E-state index is 11.4. The summed E-state index contributed by atoms with van der Waals surface area (Å²) in [5.74, 6) is 0. The van der Waals surface area contributed by atoms with Crippen LogP contribution in [0.15, 0.2) is 45.9 Å².